The molecule has 0 aliphatic heterocycles. The molecule has 1 aromatic heterocycles. The first kappa shape index (κ1) is 14.7. The average Bonchev–Trinajstić information content (AvgIpc) is 2.85. The van der Waals surface area contributed by atoms with Crippen molar-refractivity contribution in [1.29, 1.82) is 0 Å². The van der Waals surface area contributed by atoms with Gasteiger partial charge < -0.3 is 9.67 Å². The zero-order valence-corrected chi connectivity index (χ0v) is 12.9. The van der Waals surface area contributed by atoms with Crippen LogP contribution < -0.4 is 0 Å². The molecule has 4 heteroatoms. The maximum atomic E-state index is 11.1. The molecule has 0 radical (unpaired) electrons. The smallest absolute Gasteiger partial charge is 0.307 e. The lowest BCUT2D eigenvalue weighted by molar-refractivity contribution is -0.136. The largest absolute Gasteiger partial charge is 0.481 e. The number of hydrogen-bond donors (Lipinski definition) is 1. The second kappa shape index (κ2) is 5.85. The topological polar surface area (TPSA) is 42.2 Å². The van der Waals surface area contributed by atoms with Crippen LogP contribution in [0.5, 0.6) is 0 Å². The first-order valence-corrected chi connectivity index (χ1v) is 7.50. The van der Waals surface area contributed by atoms with E-state index in [1.54, 1.807) is 0 Å². The SMILES string of the molecule is CC(c1ccccc1)n1cc(CC(=O)O)c2cc(Cl)ccc21. The summed E-state index contributed by atoms with van der Waals surface area (Å²) in [5, 5.41) is 10.6. The number of aliphatic carboxylic acids is 1. The summed E-state index contributed by atoms with van der Waals surface area (Å²) in [6.45, 7) is 2.11. The van der Waals surface area contributed by atoms with Gasteiger partial charge in [0, 0.05) is 22.1 Å². The van der Waals surface area contributed by atoms with Crippen LogP contribution in [0.1, 0.15) is 24.1 Å². The third kappa shape index (κ3) is 2.72. The molecule has 2 aromatic carbocycles. The minimum atomic E-state index is -0.841. The van der Waals surface area contributed by atoms with Crippen LogP contribution in [0, 0.1) is 0 Å². The lowest BCUT2D eigenvalue weighted by Crippen LogP contribution is -2.05. The second-order valence-electron chi connectivity index (χ2n) is 5.38. The van der Waals surface area contributed by atoms with E-state index < -0.39 is 5.97 Å². The van der Waals surface area contributed by atoms with Crippen LogP contribution in [0.3, 0.4) is 0 Å². The molecular weight excluding hydrogens is 298 g/mol. The molecule has 0 aliphatic carbocycles. The molecule has 1 unspecified atom stereocenters. The van der Waals surface area contributed by atoms with Crippen molar-refractivity contribution in [3.05, 3.63) is 70.9 Å². The molecule has 3 aromatic rings. The molecule has 1 N–H and O–H groups in total. The Morgan fingerprint density at radius 1 is 1.23 bits per heavy atom. The van der Waals surface area contributed by atoms with Crippen LogP contribution in [0.2, 0.25) is 5.02 Å². The summed E-state index contributed by atoms with van der Waals surface area (Å²) in [6.07, 6.45) is 1.91. The van der Waals surface area contributed by atoms with Gasteiger partial charge in [-0.3, -0.25) is 4.79 Å². The predicted octanol–water partition coefficient (Wildman–Crippen LogP) is 4.53. The Morgan fingerprint density at radius 2 is 1.95 bits per heavy atom. The zero-order valence-electron chi connectivity index (χ0n) is 12.2. The maximum Gasteiger partial charge on any atom is 0.307 e. The standard InChI is InChI=1S/C18H16ClNO2/c1-12(13-5-3-2-4-6-13)20-11-14(9-18(21)22)16-10-15(19)7-8-17(16)20/h2-8,10-12H,9H2,1H3,(H,21,22). The number of nitrogens with zero attached hydrogens (tertiary/aromatic N) is 1. The van der Waals surface area contributed by atoms with Crippen molar-refractivity contribution in [3.8, 4) is 0 Å². The third-order valence-electron chi connectivity index (χ3n) is 3.92. The Balaban J connectivity index is 2.15. The molecule has 1 atom stereocenters. The fourth-order valence-electron chi connectivity index (χ4n) is 2.81. The highest BCUT2D eigenvalue weighted by molar-refractivity contribution is 6.31. The average molecular weight is 314 g/mol. The Kier molecular flexibility index (Phi) is 3.90. The van der Waals surface area contributed by atoms with E-state index in [9.17, 15) is 4.79 Å². The number of hydrogen-bond acceptors (Lipinski definition) is 1. The van der Waals surface area contributed by atoms with Crippen LogP contribution in [0.15, 0.2) is 54.7 Å². The van der Waals surface area contributed by atoms with Gasteiger partial charge in [0.2, 0.25) is 0 Å². The van der Waals surface area contributed by atoms with Gasteiger partial charge in [-0.1, -0.05) is 41.9 Å². The van der Waals surface area contributed by atoms with Gasteiger partial charge in [0.1, 0.15) is 0 Å². The van der Waals surface area contributed by atoms with Crippen LogP contribution in [0.4, 0.5) is 0 Å². The van der Waals surface area contributed by atoms with E-state index in [-0.39, 0.29) is 12.5 Å². The van der Waals surface area contributed by atoms with Crippen molar-refractivity contribution < 1.29 is 9.90 Å². The molecule has 0 saturated carbocycles. The van der Waals surface area contributed by atoms with Gasteiger partial charge in [-0.15, -0.1) is 0 Å². The van der Waals surface area contributed by atoms with Gasteiger partial charge in [0.05, 0.1) is 12.5 Å². The molecule has 3 nitrogen and oxygen atoms in total. The second-order valence-corrected chi connectivity index (χ2v) is 5.82. The summed E-state index contributed by atoms with van der Waals surface area (Å²) in [4.78, 5) is 11.1. The summed E-state index contributed by atoms with van der Waals surface area (Å²) in [5.74, 6) is -0.841. The zero-order chi connectivity index (χ0) is 15.7. The van der Waals surface area contributed by atoms with Gasteiger partial charge >= 0.3 is 5.97 Å². The van der Waals surface area contributed by atoms with Crippen molar-refractivity contribution in [3.63, 3.8) is 0 Å². The van der Waals surface area contributed by atoms with E-state index >= 15 is 0 Å². The summed E-state index contributed by atoms with van der Waals surface area (Å²) in [7, 11) is 0. The van der Waals surface area contributed by atoms with Crippen molar-refractivity contribution in [2.45, 2.75) is 19.4 Å². The number of fused-ring (bicyclic) bond motifs is 1. The molecule has 0 amide bonds. The molecule has 22 heavy (non-hydrogen) atoms. The van der Waals surface area contributed by atoms with E-state index in [0.29, 0.717) is 5.02 Å². The lowest BCUT2D eigenvalue weighted by Gasteiger charge is -2.15. The molecule has 112 valence electrons. The maximum absolute atomic E-state index is 11.1. The molecule has 0 aliphatic rings. The molecule has 3 rings (SSSR count). The molecular formula is C18H16ClNO2. The minimum absolute atomic E-state index is 0.00858. The monoisotopic (exact) mass is 313 g/mol. The first-order chi connectivity index (χ1) is 10.6. The van der Waals surface area contributed by atoms with Gasteiger partial charge in [-0.2, -0.15) is 0 Å². The highest BCUT2D eigenvalue weighted by atomic mass is 35.5. The molecule has 1 heterocycles. The number of rotatable bonds is 4. The van der Waals surface area contributed by atoms with Crippen molar-refractivity contribution in [1.82, 2.24) is 4.57 Å². The summed E-state index contributed by atoms with van der Waals surface area (Å²) in [6, 6.07) is 15.9. The fourth-order valence-corrected chi connectivity index (χ4v) is 2.99. The number of carbonyl (C=O) groups is 1. The van der Waals surface area contributed by atoms with Crippen LogP contribution in [-0.2, 0) is 11.2 Å². The normalized spacial score (nSPS) is 12.5. The number of carboxylic acid groups (broad SMARTS) is 1. The van der Waals surface area contributed by atoms with Gasteiger partial charge in [0.25, 0.3) is 0 Å². The van der Waals surface area contributed by atoms with Crippen LogP contribution in [-0.4, -0.2) is 15.6 Å². The third-order valence-corrected chi connectivity index (χ3v) is 4.15. The van der Waals surface area contributed by atoms with Crippen LogP contribution >= 0.6 is 11.6 Å². The fraction of sp³-hybridized carbons (Fsp3) is 0.167. The number of aromatic nitrogens is 1. The summed E-state index contributed by atoms with van der Waals surface area (Å²) in [5.41, 5.74) is 2.96. The van der Waals surface area contributed by atoms with Crippen molar-refractivity contribution in [2.75, 3.05) is 0 Å². The number of carboxylic acids is 1. The summed E-state index contributed by atoms with van der Waals surface area (Å²) < 4.78 is 2.11. The summed E-state index contributed by atoms with van der Waals surface area (Å²) >= 11 is 6.08. The molecule has 0 bridgehead atoms. The van der Waals surface area contributed by atoms with E-state index in [4.69, 9.17) is 16.7 Å². The Hall–Kier alpha value is -2.26. The molecule has 0 saturated heterocycles. The van der Waals surface area contributed by atoms with Gasteiger partial charge in [-0.05, 0) is 36.2 Å². The first-order valence-electron chi connectivity index (χ1n) is 7.12. The van der Waals surface area contributed by atoms with Gasteiger partial charge in [0.15, 0.2) is 0 Å². The number of benzene rings is 2. The number of halogens is 1. The van der Waals surface area contributed by atoms with Gasteiger partial charge in [-0.25, -0.2) is 0 Å². The molecule has 0 spiro atoms. The van der Waals surface area contributed by atoms with E-state index in [0.717, 1.165) is 16.5 Å². The van der Waals surface area contributed by atoms with E-state index in [2.05, 4.69) is 23.6 Å². The lowest BCUT2D eigenvalue weighted by atomic mass is 10.1. The highest BCUT2D eigenvalue weighted by Crippen LogP contribution is 2.30. The minimum Gasteiger partial charge on any atom is -0.481 e. The van der Waals surface area contributed by atoms with Crippen molar-refractivity contribution >= 4 is 28.5 Å². The Bertz CT molecular complexity index is 824. The van der Waals surface area contributed by atoms with Crippen molar-refractivity contribution in [2.24, 2.45) is 0 Å². The van der Waals surface area contributed by atoms with Crippen LogP contribution in [0.25, 0.3) is 10.9 Å². The molecule has 0 fully saturated rings. The Labute approximate surface area is 133 Å². The quantitative estimate of drug-likeness (QED) is 0.769. The Morgan fingerprint density at radius 3 is 2.64 bits per heavy atom. The van der Waals surface area contributed by atoms with E-state index in [1.807, 2.05) is 42.6 Å². The highest BCUT2D eigenvalue weighted by Gasteiger charge is 2.16. The predicted molar refractivity (Wildman–Crippen MR) is 88.5 cm³/mol. The van der Waals surface area contributed by atoms with E-state index in [1.165, 1.54) is 5.56 Å².